The van der Waals surface area contributed by atoms with E-state index in [0.717, 1.165) is 46.8 Å². The zero-order chi connectivity index (χ0) is 13.9. The van der Waals surface area contributed by atoms with Crippen molar-refractivity contribution < 1.29 is 0 Å². The van der Waals surface area contributed by atoms with E-state index in [2.05, 4.69) is 43.5 Å². The molecular formula is C14H15BrN4S. The molecule has 20 heavy (non-hydrogen) atoms. The zero-order valence-corrected chi connectivity index (χ0v) is 13.3. The van der Waals surface area contributed by atoms with Gasteiger partial charge in [0.05, 0.1) is 5.75 Å². The smallest absolute Gasteiger partial charge is 0.147 e. The zero-order valence-electron chi connectivity index (χ0n) is 10.9. The van der Waals surface area contributed by atoms with Crippen molar-refractivity contribution in [3.05, 3.63) is 45.8 Å². The summed E-state index contributed by atoms with van der Waals surface area (Å²) >= 11 is 5.21. The van der Waals surface area contributed by atoms with E-state index in [1.165, 1.54) is 10.5 Å². The first-order valence-electron chi connectivity index (χ1n) is 6.50. The number of aryl methyl sites for hydroxylation is 1. The molecular weight excluding hydrogens is 336 g/mol. The van der Waals surface area contributed by atoms with Crippen LogP contribution in [0.5, 0.6) is 0 Å². The number of hydrazine groups is 1. The Morgan fingerprint density at radius 2 is 2.20 bits per heavy atom. The van der Waals surface area contributed by atoms with Gasteiger partial charge in [-0.2, -0.15) is 0 Å². The van der Waals surface area contributed by atoms with Gasteiger partial charge >= 0.3 is 0 Å². The standard InChI is InChI=1S/C14H15BrN4S/c15-9-3-1-4-10(7-9)20-8-13-17-12-6-2-5-11(12)14(18-13)19-16/h1,3-4,7H,2,5-6,8,16H2,(H,17,18,19). The van der Waals surface area contributed by atoms with E-state index < -0.39 is 0 Å². The van der Waals surface area contributed by atoms with Crippen LogP contribution in [0.15, 0.2) is 33.6 Å². The highest BCUT2D eigenvalue weighted by atomic mass is 79.9. The van der Waals surface area contributed by atoms with Crippen molar-refractivity contribution in [3.63, 3.8) is 0 Å². The van der Waals surface area contributed by atoms with Gasteiger partial charge in [-0.05, 0) is 37.5 Å². The molecule has 4 nitrogen and oxygen atoms in total. The Kier molecular flexibility index (Phi) is 4.24. The monoisotopic (exact) mass is 350 g/mol. The van der Waals surface area contributed by atoms with Crippen LogP contribution in [0, 0.1) is 0 Å². The van der Waals surface area contributed by atoms with Crippen molar-refractivity contribution in [1.82, 2.24) is 9.97 Å². The van der Waals surface area contributed by atoms with Crippen molar-refractivity contribution >= 4 is 33.5 Å². The molecule has 0 bridgehead atoms. The van der Waals surface area contributed by atoms with Gasteiger partial charge < -0.3 is 5.43 Å². The number of nitrogens with two attached hydrogens (primary N) is 1. The number of nitrogen functional groups attached to an aromatic ring is 1. The predicted octanol–water partition coefficient (Wildman–Crippen LogP) is 3.31. The fourth-order valence-corrected chi connectivity index (χ4v) is 3.73. The molecule has 0 spiro atoms. The summed E-state index contributed by atoms with van der Waals surface area (Å²) in [4.78, 5) is 10.4. The van der Waals surface area contributed by atoms with Crippen LogP contribution in [0.25, 0.3) is 0 Å². The second kappa shape index (κ2) is 6.11. The maximum Gasteiger partial charge on any atom is 0.147 e. The SMILES string of the molecule is NNc1nc(CSc2cccc(Br)c2)nc2c1CCC2. The minimum absolute atomic E-state index is 0.748. The largest absolute Gasteiger partial charge is 0.308 e. The summed E-state index contributed by atoms with van der Waals surface area (Å²) in [7, 11) is 0. The van der Waals surface area contributed by atoms with Crippen LogP contribution >= 0.6 is 27.7 Å². The fourth-order valence-electron chi connectivity index (χ4n) is 2.37. The van der Waals surface area contributed by atoms with Crippen molar-refractivity contribution in [2.45, 2.75) is 29.9 Å². The van der Waals surface area contributed by atoms with Gasteiger partial charge in [0.15, 0.2) is 0 Å². The van der Waals surface area contributed by atoms with Crippen LogP contribution in [0.3, 0.4) is 0 Å². The van der Waals surface area contributed by atoms with Crippen molar-refractivity contribution in [2.75, 3.05) is 5.43 Å². The summed E-state index contributed by atoms with van der Waals surface area (Å²) in [6.07, 6.45) is 3.19. The Morgan fingerprint density at radius 3 is 3.00 bits per heavy atom. The van der Waals surface area contributed by atoms with Crippen LogP contribution in [0.4, 0.5) is 5.82 Å². The Balaban J connectivity index is 1.78. The molecule has 0 amide bonds. The number of halogens is 1. The summed E-state index contributed by atoms with van der Waals surface area (Å²) < 4.78 is 1.08. The van der Waals surface area contributed by atoms with E-state index in [9.17, 15) is 0 Å². The maximum atomic E-state index is 5.57. The molecule has 0 atom stereocenters. The van der Waals surface area contributed by atoms with Gasteiger partial charge in [-0.15, -0.1) is 11.8 Å². The summed E-state index contributed by atoms with van der Waals surface area (Å²) in [6.45, 7) is 0. The first kappa shape index (κ1) is 13.9. The van der Waals surface area contributed by atoms with Gasteiger partial charge in [0.2, 0.25) is 0 Å². The number of hydrogen-bond donors (Lipinski definition) is 2. The lowest BCUT2D eigenvalue weighted by Gasteiger charge is -2.09. The second-order valence-electron chi connectivity index (χ2n) is 4.66. The Labute approximate surface area is 130 Å². The van der Waals surface area contributed by atoms with Crippen LogP contribution in [0.2, 0.25) is 0 Å². The van der Waals surface area contributed by atoms with E-state index in [1.54, 1.807) is 11.8 Å². The molecule has 2 aromatic rings. The number of nitrogens with zero attached hydrogens (tertiary/aromatic N) is 2. The van der Waals surface area contributed by atoms with E-state index in [1.807, 2.05) is 12.1 Å². The lowest BCUT2D eigenvalue weighted by molar-refractivity contribution is 0.893. The average Bonchev–Trinajstić information content (AvgIpc) is 2.92. The summed E-state index contributed by atoms with van der Waals surface area (Å²) in [5, 5.41) is 0. The lowest BCUT2D eigenvalue weighted by Crippen LogP contribution is -2.13. The lowest BCUT2D eigenvalue weighted by atomic mass is 10.2. The summed E-state index contributed by atoms with van der Waals surface area (Å²) in [5.41, 5.74) is 5.04. The molecule has 1 aliphatic carbocycles. The number of anilines is 1. The average molecular weight is 351 g/mol. The fraction of sp³-hybridized carbons (Fsp3) is 0.286. The normalized spacial score (nSPS) is 13.3. The molecule has 6 heteroatoms. The molecule has 3 rings (SSSR count). The molecule has 3 N–H and O–H groups in total. The molecule has 1 aliphatic rings. The molecule has 1 aromatic carbocycles. The number of benzene rings is 1. The van der Waals surface area contributed by atoms with Crippen LogP contribution in [-0.2, 0) is 18.6 Å². The molecule has 0 radical (unpaired) electrons. The molecule has 1 heterocycles. The minimum Gasteiger partial charge on any atom is -0.308 e. The number of fused-ring (bicyclic) bond motifs is 1. The maximum absolute atomic E-state index is 5.57. The minimum atomic E-state index is 0.748. The summed E-state index contributed by atoms with van der Waals surface area (Å²) in [6, 6.07) is 8.24. The first-order chi connectivity index (χ1) is 9.76. The number of nitrogens with one attached hydrogen (secondary N) is 1. The van der Waals surface area contributed by atoms with Gasteiger partial charge in [0, 0.05) is 20.6 Å². The van der Waals surface area contributed by atoms with E-state index in [0.29, 0.717) is 0 Å². The predicted molar refractivity (Wildman–Crippen MR) is 85.6 cm³/mol. The third kappa shape index (κ3) is 2.97. The van der Waals surface area contributed by atoms with Gasteiger partial charge in [0.1, 0.15) is 11.6 Å². The van der Waals surface area contributed by atoms with Crippen molar-refractivity contribution in [3.8, 4) is 0 Å². The molecule has 1 aromatic heterocycles. The Hall–Kier alpha value is -1.11. The van der Waals surface area contributed by atoms with Crippen LogP contribution in [0.1, 0.15) is 23.5 Å². The van der Waals surface area contributed by atoms with Gasteiger partial charge in [-0.1, -0.05) is 22.0 Å². The van der Waals surface area contributed by atoms with E-state index >= 15 is 0 Å². The molecule has 0 unspecified atom stereocenters. The van der Waals surface area contributed by atoms with Gasteiger partial charge in [0.25, 0.3) is 0 Å². The Morgan fingerprint density at radius 1 is 1.30 bits per heavy atom. The topological polar surface area (TPSA) is 63.8 Å². The first-order valence-corrected chi connectivity index (χ1v) is 8.28. The highest BCUT2D eigenvalue weighted by Crippen LogP contribution is 2.28. The molecule has 0 fully saturated rings. The third-order valence-corrected chi connectivity index (χ3v) is 4.76. The van der Waals surface area contributed by atoms with Crippen molar-refractivity contribution in [2.24, 2.45) is 5.84 Å². The number of thioether (sulfide) groups is 1. The number of rotatable bonds is 4. The molecule has 0 saturated carbocycles. The second-order valence-corrected chi connectivity index (χ2v) is 6.62. The van der Waals surface area contributed by atoms with Crippen molar-refractivity contribution in [1.29, 1.82) is 0 Å². The van der Waals surface area contributed by atoms with E-state index in [4.69, 9.17) is 5.84 Å². The van der Waals surface area contributed by atoms with Crippen LogP contribution < -0.4 is 11.3 Å². The number of aromatic nitrogens is 2. The highest BCUT2D eigenvalue weighted by Gasteiger charge is 2.18. The highest BCUT2D eigenvalue weighted by molar-refractivity contribution is 9.10. The van der Waals surface area contributed by atoms with E-state index in [-0.39, 0.29) is 0 Å². The van der Waals surface area contributed by atoms with Crippen LogP contribution in [-0.4, -0.2) is 9.97 Å². The third-order valence-electron chi connectivity index (χ3n) is 3.28. The number of hydrogen-bond acceptors (Lipinski definition) is 5. The summed E-state index contributed by atoms with van der Waals surface area (Å²) in [5.74, 6) is 7.94. The van der Waals surface area contributed by atoms with Gasteiger partial charge in [-0.3, -0.25) is 0 Å². The molecule has 104 valence electrons. The quantitative estimate of drug-likeness (QED) is 0.503. The Bertz CT molecular complexity index is 633. The van der Waals surface area contributed by atoms with Gasteiger partial charge in [-0.25, -0.2) is 15.8 Å². The molecule has 0 saturated heterocycles. The molecule has 0 aliphatic heterocycles.